The molecule has 0 atom stereocenters. The number of phenols is 2. The molecule has 108 valence electrons. The van der Waals surface area contributed by atoms with Gasteiger partial charge in [0.1, 0.15) is 17.1 Å². The van der Waals surface area contributed by atoms with E-state index >= 15 is 0 Å². The maximum atomic E-state index is 12.5. The second-order valence-electron chi connectivity index (χ2n) is 4.40. The highest BCUT2D eigenvalue weighted by Crippen LogP contribution is 2.32. The smallest absolute Gasteiger partial charge is 0.412 e. The SMILES string of the molecule is O=C(c1c(O)cccc1O)N1CC=C(C(F)(F)F)CC1. The number of carbonyl (C=O) groups excluding carboxylic acids is 1. The lowest BCUT2D eigenvalue weighted by Crippen LogP contribution is -2.36. The van der Waals surface area contributed by atoms with Gasteiger partial charge in [-0.2, -0.15) is 13.2 Å². The number of nitrogens with zero attached hydrogens (tertiary/aromatic N) is 1. The van der Waals surface area contributed by atoms with Gasteiger partial charge >= 0.3 is 6.18 Å². The average Bonchev–Trinajstić information content (AvgIpc) is 2.37. The molecule has 0 unspecified atom stereocenters. The first-order valence-corrected chi connectivity index (χ1v) is 5.87. The van der Waals surface area contributed by atoms with Gasteiger partial charge in [-0.25, -0.2) is 0 Å². The Kier molecular flexibility index (Phi) is 3.61. The topological polar surface area (TPSA) is 60.8 Å². The molecule has 1 aromatic rings. The van der Waals surface area contributed by atoms with Gasteiger partial charge in [0.25, 0.3) is 5.91 Å². The number of halogens is 3. The minimum atomic E-state index is -4.38. The van der Waals surface area contributed by atoms with E-state index in [1.54, 1.807) is 0 Å². The van der Waals surface area contributed by atoms with E-state index in [0.29, 0.717) is 0 Å². The molecule has 1 aromatic carbocycles. The summed E-state index contributed by atoms with van der Waals surface area (Å²) in [6, 6.07) is 3.82. The van der Waals surface area contributed by atoms with Crippen LogP contribution in [0.4, 0.5) is 13.2 Å². The average molecular weight is 287 g/mol. The Hall–Kier alpha value is -2.18. The number of amides is 1. The van der Waals surface area contributed by atoms with Crippen LogP contribution in [0.25, 0.3) is 0 Å². The number of alkyl halides is 3. The molecule has 0 aromatic heterocycles. The number of rotatable bonds is 1. The first-order chi connectivity index (χ1) is 9.30. The fourth-order valence-corrected chi connectivity index (χ4v) is 2.02. The monoisotopic (exact) mass is 287 g/mol. The van der Waals surface area contributed by atoms with E-state index in [1.165, 1.54) is 18.2 Å². The molecule has 0 bridgehead atoms. The number of phenolic OH excluding ortho intramolecular Hbond substituents is 2. The van der Waals surface area contributed by atoms with Gasteiger partial charge in [0.15, 0.2) is 0 Å². The van der Waals surface area contributed by atoms with E-state index in [9.17, 15) is 28.2 Å². The van der Waals surface area contributed by atoms with Crippen molar-refractivity contribution < 1.29 is 28.2 Å². The van der Waals surface area contributed by atoms with E-state index < -0.39 is 29.2 Å². The van der Waals surface area contributed by atoms with E-state index in [2.05, 4.69) is 0 Å². The summed E-state index contributed by atoms with van der Waals surface area (Å²) in [7, 11) is 0. The zero-order valence-electron chi connectivity index (χ0n) is 10.3. The third-order valence-corrected chi connectivity index (χ3v) is 3.09. The van der Waals surface area contributed by atoms with Crippen molar-refractivity contribution in [1.82, 2.24) is 4.90 Å². The first kappa shape index (κ1) is 14.2. The van der Waals surface area contributed by atoms with Crippen LogP contribution < -0.4 is 0 Å². The van der Waals surface area contributed by atoms with Crippen molar-refractivity contribution in [2.45, 2.75) is 12.6 Å². The lowest BCUT2D eigenvalue weighted by Gasteiger charge is -2.27. The molecule has 0 fully saturated rings. The highest BCUT2D eigenvalue weighted by Gasteiger charge is 2.36. The summed E-state index contributed by atoms with van der Waals surface area (Å²) in [6.07, 6.45) is -3.74. The Morgan fingerprint density at radius 1 is 1.20 bits per heavy atom. The Labute approximate surface area is 112 Å². The molecule has 0 radical (unpaired) electrons. The van der Waals surface area contributed by atoms with Gasteiger partial charge in [-0.3, -0.25) is 4.79 Å². The van der Waals surface area contributed by atoms with Crippen LogP contribution in [0.1, 0.15) is 16.8 Å². The fourth-order valence-electron chi connectivity index (χ4n) is 2.02. The molecule has 0 saturated heterocycles. The molecular formula is C13H12F3NO3. The molecule has 1 aliphatic rings. The normalized spacial score (nSPS) is 15.9. The Morgan fingerprint density at radius 2 is 1.80 bits per heavy atom. The molecule has 2 N–H and O–H groups in total. The van der Waals surface area contributed by atoms with Crippen LogP contribution in [-0.2, 0) is 0 Å². The molecule has 1 aliphatic heterocycles. The Balaban J connectivity index is 2.19. The number of benzene rings is 1. The van der Waals surface area contributed by atoms with Crippen molar-refractivity contribution in [2.24, 2.45) is 0 Å². The molecule has 0 aliphatic carbocycles. The van der Waals surface area contributed by atoms with E-state index in [4.69, 9.17) is 0 Å². The third kappa shape index (κ3) is 2.71. The first-order valence-electron chi connectivity index (χ1n) is 5.87. The fraction of sp³-hybridized carbons (Fsp3) is 0.308. The summed E-state index contributed by atoms with van der Waals surface area (Å²) in [5.74, 6) is -1.50. The van der Waals surface area contributed by atoms with Gasteiger partial charge in [-0.1, -0.05) is 12.1 Å². The van der Waals surface area contributed by atoms with Crippen LogP contribution in [0.5, 0.6) is 11.5 Å². The van der Waals surface area contributed by atoms with Gasteiger partial charge < -0.3 is 15.1 Å². The molecule has 7 heteroatoms. The van der Waals surface area contributed by atoms with Crippen LogP contribution in [0, 0.1) is 0 Å². The zero-order valence-corrected chi connectivity index (χ0v) is 10.3. The van der Waals surface area contributed by atoms with E-state index in [-0.39, 0.29) is 25.1 Å². The van der Waals surface area contributed by atoms with Crippen molar-refractivity contribution in [3.8, 4) is 11.5 Å². The zero-order chi connectivity index (χ0) is 14.9. The van der Waals surface area contributed by atoms with Crippen LogP contribution in [0.2, 0.25) is 0 Å². The predicted octanol–water partition coefficient (Wildman–Crippen LogP) is 2.43. The molecule has 0 saturated carbocycles. The number of hydrogen-bond donors (Lipinski definition) is 2. The summed E-state index contributed by atoms with van der Waals surface area (Å²) in [4.78, 5) is 13.2. The minimum absolute atomic E-state index is 0.113. The second kappa shape index (κ2) is 5.07. The van der Waals surface area contributed by atoms with Crippen LogP contribution in [0.3, 0.4) is 0 Å². The highest BCUT2D eigenvalue weighted by atomic mass is 19.4. The Bertz CT molecular complexity index is 546. The van der Waals surface area contributed by atoms with Crippen molar-refractivity contribution >= 4 is 5.91 Å². The van der Waals surface area contributed by atoms with E-state index in [0.717, 1.165) is 11.0 Å². The quantitative estimate of drug-likeness (QED) is 0.780. The largest absolute Gasteiger partial charge is 0.507 e. The minimum Gasteiger partial charge on any atom is -0.507 e. The molecular weight excluding hydrogens is 275 g/mol. The van der Waals surface area contributed by atoms with Gasteiger partial charge in [0.2, 0.25) is 0 Å². The summed E-state index contributed by atoms with van der Waals surface area (Å²) in [5, 5.41) is 19.1. The third-order valence-electron chi connectivity index (χ3n) is 3.09. The standard InChI is InChI=1S/C13H12F3NO3/c14-13(15,16)8-4-6-17(7-5-8)12(20)11-9(18)2-1-3-10(11)19/h1-4,18-19H,5-7H2. The van der Waals surface area contributed by atoms with Crippen LogP contribution in [-0.4, -0.2) is 40.3 Å². The lowest BCUT2D eigenvalue weighted by atomic mass is 10.1. The summed E-state index contributed by atoms with van der Waals surface area (Å²) >= 11 is 0. The number of hydrogen-bond acceptors (Lipinski definition) is 3. The lowest BCUT2D eigenvalue weighted by molar-refractivity contribution is -0.0957. The summed E-state index contributed by atoms with van der Waals surface area (Å²) in [6.45, 7) is -0.320. The molecule has 20 heavy (non-hydrogen) atoms. The maximum Gasteiger partial charge on any atom is 0.412 e. The van der Waals surface area contributed by atoms with Crippen LogP contribution in [0.15, 0.2) is 29.8 Å². The van der Waals surface area contributed by atoms with Crippen molar-refractivity contribution in [1.29, 1.82) is 0 Å². The molecule has 1 amide bonds. The van der Waals surface area contributed by atoms with Crippen molar-refractivity contribution in [3.05, 3.63) is 35.4 Å². The second-order valence-corrected chi connectivity index (χ2v) is 4.40. The van der Waals surface area contributed by atoms with Gasteiger partial charge in [0.05, 0.1) is 0 Å². The highest BCUT2D eigenvalue weighted by molar-refractivity contribution is 5.99. The predicted molar refractivity (Wildman–Crippen MR) is 64.4 cm³/mol. The van der Waals surface area contributed by atoms with Gasteiger partial charge in [0, 0.05) is 18.7 Å². The molecule has 0 spiro atoms. The van der Waals surface area contributed by atoms with Crippen LogP contribution >= 0.6 is 0 Å². The van der Waals surface area contributed by atoms with E-state index in [1.807, 2.05) is 0 Å². The number of aromatic hydroxyl groups is 2. The number of carbonyl (C=O) groups is 1. The Morgan fingerprint density at radius 3 is 2.25 bits per heavy atom. The summed E-state index contributed by atoms with van der Waals surface area (Å²) < 4.78 is 37.4. The van der Waals surface area contributed by atoms with Crippen molar-refractivity contribution in [3.63, 3.8) is 0 Å². The summed E-state index contributed by atoms with van der Waals surface area (Å²) in [5.41, 5.74) is -0.959. The molecule has 4 nitrogen and oxygen atoms in total. The molecule has 2 rings (SSSR count). The molecule has 1 heterocycles. The maximum absolute atomic E-state index is 12.5. The van der Waals surface area contributed by atoms with Crippen molar-refractivity contribution in [2.75, 3.05) is 13.1 Å². The van der Waals surface area contributed by atoms with Gasteiger partial charge in [-0.15, -0.1) is 0 Å². The van der Waals surface area contributed by atoms with Gasteiger partial charge in [-0.05, 0) is 18.6 Å².